The number of nitrogens with zero attached hydrogens (tertiary/aromatic N) is 3. The first-order valence-electron chi connectivity index (χ1n) is 4.70. The fraction of sp³-hybridized carbons (Fsp3) is 0.750. The van der Waals surface area contributed by atoms with Gasteiger partial charge in [-0.3, -0.25) is 0 Å². The highest BCUT2D eigenvalue weighted by atomic mass is 16.6. The maximum absolute atomic E-state index is 10.6. The minimum Gasteiger partial charge on any atom is -0.444 e. The van der Waals surface area contributed by atoms with Crippen LogP contribution in [0.1, 0.15) is 32.5 Å². The lowest BCUT2D eigenvalue weighted by atomic mass is 10.0. The van der Waals surface area contributed by atoms with Gasteiger partial charge in [-0.25, -0.2) is 4.79 Å². The van der Waals surface area contributed by atoms with Crippen molar-refractivity contribution in [3.05, 3.63) is 5.82 Å². The molecule has 1 rings (SSSR count). The van der Waals surface area contributed by atoms with Crippen LogP contribution in [0.15, 0.2) is 0 Å². The van der Waals surface area contributed by atoms with Crippen molar-refractivity contribution in [1.29, 1.82) is 0 Å². The maximum Gasteiger partial charge on any atom is 0.405 e. The molecule has 0 aliphatic heterocycles. The standard InChI is InChI=1S/C8H15N5O2/c1-8(2,15-7(9)14)5-3-4-6-10-12-13-11-6/h3-5H2,1-2H3,(H2,9,14)(H,10,11,12,13). The Labute approximate surface area is 87.4 Å². The summed E-state index contributed by atoms with van der Waals surface area (Å²) in [4.78, 5) is 10.6. The zero-order chi connectivity index (χ0) is 11.3. The first-order chi connectivity index (χ1) is 6.99. The quantitative estimate of drug-likeness (QED) is 0.736. The van der Waals surface area contributed by atoms with Crippen LogP contribution in [0.4, 0.5) is 4.79 Å². The Morgan fingerprint density at radius 3 is 2.87 bits per heavy atom. The molecule has 0 spiro atoms. The molecule has 0 unspecified atom stereocenters. The second-order valence-electron chi connectivity index (χ2n) is 3.86. The zero-order valence-corrected chi connectivity index (χ0v) is 8.86. The van der Waals surface area contributed by atoms with Crippen molar-refractivity contribution >= 4 is 6.09 Å². The van der Waals surface area contributed by atoms with E-state index >= 15 is 0 Å². The fourth-order valence-corrected chi connectivity index (χ4v) is 1.28. The molecular formula is C8H15N5O2. The molecule has 0 atom stereocenters. The van der Waals surface area contributed by atoms with Crippen molar-refractivity contribution in [2.24, 2.45) is 5.73 Å². The summed E-state index contributed by atoms with van der Waals surface area (Å²) in [7, 11) is 0. The second kappa shape index (κ2) is 4.72. The van der Waals surface area contributed by atoms with Crippen LogP contribution in [-0.4, -0.2) is 32.3 Å². The number of carbonyl (C=O) groups excluding carboxylic acids is 1. The average Bonchev–Trinajstić information content (AvgIpc) is 2.53. The van der Waals surface area contributed by atoms with E-state index in [0.29, 0.717) is 18.7 Å². The van der Waals surface area contributed by atoms with Crippen molar-refractivity contribution in [3.63, 3.8) is 0 Å². The SMILES string of the molecule is CC(C)(CCCc1nn[nH]n1)OC(N)=O. The molecule has 1 aromatic heterocycles. The van der Waals surface area contributed by atoms with Gasteiger partial charge in [0.15, 0.2) is 5.82 Å². The van der Waals surface area contributed by atoms with Gasteiger partial charge in [-0.05, 0) is 26.7 Å². The number of nitrogens with one attached hydrogen (secondary N) is 1. The van der Waals surface area contributed by atoms with Gasteiger partial charge >= 0.3 is 6.09 Å². The van der Waals surface area contributed by atoms with E-state index in [0.717, 1.165) is 6.42 Å². The summed E-state index contributed by atoms with van der Waals surface area (Å²) in [5.41, 5.74) is 4.40. The highest BCUT2D eigenvalue weighted by Crippen LogP contribution is 2.17. The number of aryl methyl sites for hydroxylation is 1. The van der Waals surface area contributed by atoms with Crippen molar-refractivity contribution in [3.8, 4) is 0 Å². The van der Waals surface area contributed by atoms with Gasteiger partial charge in [-0.15, -0.1) is 10.2 Å². The van der Waals surface area contributed by atoms with E-state index in [9.17, 15) is 4.79 Å². The average molecular weight is 213 g/mol. The number of H-pyrrole nitrogens is 1. The Morgan fingerprint density at radius 1 is 1.60 bits per heavy atom. The largest absolute Gasteiger partial charge is 0.444 e. The van der Waals surface area contributed by atoms with E-state index in [4.69, 9.17) is 10.5 Å². The first-order valence-corrected chi connectivity index (χ1v) is 4.70. The van der Waals surface area contributed by atoms with Gasteiger partial charge in [0.25, 0.3) is 0 Å². The van der Waals surface area contributed by atoms with Crippen LogP contribution >= 0.6 is 0 Å². The summed E-state index contributed by atoms with van der Waals surface area (Å²) in [5.74, 6) is 0.657. The summed E-state index contributed by atoms with van der Waals surface area (Å²) in [6.45, 7) is 3.63. The normalized spacial score (nSPS) is 11.3. The highest BCUT2D eigenvalue weighted by molar-refractivity contribution is 5.65. The van der Waals surface area contributed by atoms with E-state index in [-0.39, 0.29) is 0 Å². The Kier molecular flexibility index (Phi) is 3.59. The Bertz CT molecular complexity index is 309. The van der Waals surface area contributed by atoms with E-state index in [1.807, 2.05) is 13.8 Å². The van der Waals surface area contributed by atoms with E-state index in [1.54, 1.807) is 0 Å². The van der Waals surface area contributed by atoms with Crippen molar-refractivity contribution in [1.82, 2.24) is 20.6 Å². The molecule has 7 heteroatoms. The number of hydrogen-bond acceptors (Lipinski definition) is 5. The topological polar surface area (TPSA) is 107 Å². The number of aromatic nitrogens is 4. The molecular weight excluding hydrogens is 198 g/mol. The molecule has 0 fully saturated rings. The molecule has 15 heavy (non-hydrogen) atoms. The minimum atomic E-state index is -0.750. The maximum atomic E-state index is 10.6. The van der Waals surface area contributed by atoms with Gasteiger partial charge in [0, 0.05) is 6.42 Å². The van der Waals surface area contributed by atoms with Crippen molar-refractivity contribution < 1.29 is 9.53 Å². The number of hydrogen-bond donors (Lipinski definition) is 2. The van der Waals surface area contributed by atoms with Gasteiger partial charge in [-0.1, -0.05) is 5.21 Å². The Hall–Kier alpha value is -1.66. The molecule has 0 saturated heterocycles. The fourth-order valence-electron chi connectivity index (χ4n) is 1.28. The third-order valence-electron chi connectivity index (χ3n) is 1.95. The summed E-state index contributed by atoms with van der Waals surface area (Å²) in [5, 5.41) is 13.5. The van der Waals surface area contributed by atoms with Crippen LogP contribution in [-0.2, 0) is 11.2 Å². The van der Waals surface area contributed by atoms with Gasteiger partial charge in [0.1, 0.15) is 5.60 Å². The molecule has 0 bridgehead atoms. The highest BCUT2D eigenvalue weighted by Gasteiger charge is 2.21. The van der Waals surface area contributed by atoms with Gasteiger partial charge in [0.05, 0.1) is 0 Å². The molecule has 7 nitrogen and oxygen atoms in total. The van der Waals surface area contributed by atoms with Crippen LogP contribution in [0, 0.1) is 0 Å². The smallest absolute Gasteiger partial charge is 0.405 e. The molecule has 84 valence electrons. The number of rotatable bonds is 5. The number of nitrogens with two attached hydrogens (primary N) is 1. The number of carbonyl (C=O) groups is 1. The molecule has 0 aromatic carbocycles. The predicted octanol–water partition coefficient (Wildman–Crippen LogP) is 0.396. The minimum absolute atomic E-state index is 0.546. The third kappa shape index (κ3) is 4.39. The van der Waals surface area contributed by atoms with E-state index < -0.39 is 11.7 Å². The Morgan fingerprint density at radius 2 is 2.33 bits per heavy atom. The second-order valence-corrected chi connectivity index (χ2v) is 3.86. The number of amides is 1. The van der Waals surface area contributed by atoms with Crippen molar-refractivity contribution in [2.45, 2.75) is 38.7 Å². The van der Waals surface area contributed by atoms with Gasteiger partial charge in [-0.2, -0.15) is 5.21 Å². The molecule has 3 N–H and O–H groups in total. The summed E-state index contributed by atoms with van der Waals surface area (Å²) in [6, 6.07) is 0. The molecule has 1 amide bonds. The van der Waals surface area contributed by atoms with Gasteiger partial charge in [0.2, 0.25) is 0 Å². The summed E-state index contributed by atoms with van der Waals surface area (Å²) >= 11 is 0. The molecule has 0 aliphatic rings. The monoisotopic (exact) mass is 213 g/mol. The van der Waals surface area contributed by atoms with Crippen LogP contribution in [0.5, 0.6) is 0 Å². The lowest BCUT2D eigenvalue weighted by Crippen LogP contribution is -2.31. The van der Waals surface area contributed by atoms with E-state index in [1.165, 1.54) is 0 Å². The molecule has 0 aliphatic carbocycles. The summed E-state index contributed by atoms with van der Waals surface area (Å²) < 4.78 is 4.93. The molecule has 1 heterocycles. The number of aromatic amines is 1. The molecule has 0 radical (unpaired) electrons. The number of tetrazole rings is 1. The van der Waals surface area contributed by atoms with Crippen LogP contribution < -0.4 is 5.73 Å². The van der Waals surface area contributed by atoms with Crippen molar-refractivity contribution in [2.75, 3.05) is 0 Å². The lowest BCUT2D eigenvalue weighted by Gasteiger charge is -2.23. The molecule has 1 aromatic rings. The Balaban J connectivity index is 2.27. The van der Waals surface area contributed by atoms with Gasteiger partial charge < -0.3 is 10.5 Å². The van der Waals surface area contributed by atoms with Crippen LogP contribution in [0.25, 0.3) is 0 Å². The lowest BCUT2D eigenvalue weighted by molar-refractivity contribution is 0.0377. The first kappa shape index (κ1) is 11.4. The van der Waals surface area contributed by atoms with Crippen LogP contribution in [0.2, 0.25) is 0 Å². The number of ether oxygens (including phenoxy) is 1. The third-order valence-corrected chi connectivity index (χ3v) is 1.95. The molecule has 0 saturated carbocycles. The van der Waals surface area contributed by atoms with Crippen LogP contribution in [0.3, 0.4) is 0 Å². The van der Waals surface area contributed by atoms with E-state index in [2.05, 4.69) is 20.6 Å². The summed E-state index contributed by atoms with van der Waals surface area (Å²) in [6.07, 6.45) is 1.45. The zero-order valence-electron chi connectivity index (χ0n) is 8.86. The number of primary amides is 1. The predicted molar refractivity (Wildman–Crippen MR) is 51.9 cm³/mol.